The molecular formula is C21H20N4O5. The predicted molar refractivity (Wildman–Crippen MR) is 108 cm³/mol. The number of nitrogens with zero attached hydrogens (tertiary/aromatic N) is 2. The summed E-state index contributed by atoms with van der Waals surface area (Å²) < 4.78 is 12.0. The van der Waals surface area contributed by atoms with E-state index in [-0.39, 0.29) is 5.56 Å². The second-order valence-electron chi connectivity index (χ2n) is 6.30. The maximum absolute atomic E-state index is 12.8. The van der Waals surface area contributed by atoms with Gasteiger partial charge in [0.15, 0.2) is 6.10 Å². The van der Waals surface area contributed by atoms with E-state index in [1.54, 1.807) is 28.9 Å². The summed E-state index contributed by atoms with van der Waals surface area (Å²) in [4.78, 5) is 35.5. The van der Waals surface area contributed by atoms with E-state index < -0.39 is 24.0 Å². The third kappa shape index (κ3) is 4.64. The minimum atomic E-state index is -1.23. The first-order valence-electron chi connectivity index (χ1n) is 9.00. The van der Waals surface area contributed by atoms with E-state index in [1.807, 2.05) is 35.6 Å². The van der Waals surface area contributed by atoms with Crippen molar-refractivity contribution < 1.29 is 23.9 Å². The molecule has 0 bridgehead atoms. The molecule has 0 aliphatic heterocycles. The van der Waals surface area contributed by atoms with Gasteiger partial charge in [0.2, 0.25) is 0 Å². The van der Waals surface area contributed by atoms with Crippen LogP contribution in [0.5, 0.6) is 5.75 Å². The van der Waals surface area contributed by atoms with Crippen LogP contribution in [-0.4, -0.2) is 40.9 Å². The van der Waals surface area contributed by atoms with E-state index in [2.05, 4.69) is 5.10 Å². The van der Waals surface area contributed by atoms with Crippen molar-refractivity contribution in [1.29, 1.82) is 0 Å². The number of amides is 3. The van der Waals surface area contributed by atoms with Crippen LogP contribution in [0.25, 0.3) is 16.9 Å². The Morgan fingerprint density at radius 3 is 2.50 bits per heavy atom. The van der Waals surface area contributed by atoms with Gasteiger partial charge >= 0.3 is 12.0 Å². The quantitative estimate of drug-likeness (QED) is 0.603. The Balaban J connectivity index is 1.99. The van der Waals surface area contributed by atoms with Crippen molar-refractivity contribution in [1.82, 2.24) is 15.1 Å². The van der Waals surface area contributed by atoms with Gasteiger partial charge in [-0.2, -0.15) is 5.10 Å². The largest absolute Gasteiger partial charge is 0.497 e. The number of carbonyl (C=O) groups is 3. The molecule has 0 radical (unpaired) electrons. The van der Waals surface area contributed by atoms with E-state index >= 15 is 0 Å². The number of hydrogen-bond acceptors (Lipinski definition) is 6. The molecule has 3 rings (SSSR count). The van der Waals surface area contributed by atoms with Crippen LogP contribution < -0.4 is 15.8 Å². The summed E-state index contributed by atoms with van der Waals surface area (Å²) in [5.74, 6) is -1.01. The SMILES string of the molecule is COc1cccc(-c2nn(-c3ccccc3)cc2C(=O)OC(C)C(=O)NC(N)=O)c1. The van der Waals surface area contributed by atoms with E-state index in [1.165, 1.54) is 20.2 Å². The lowest BCUT2D eigenvalue weighted by Gasteiger charge is -2.12. The molecule has 2 aromatic carbocycles. The smallest absolute Gasteiger partial charge is 0.342 e. The summed E-state index contributed by atoms with van der Waals surface area (Å²) in [6.07, 6.45) is 0.286. The second-order valence-corrected chi connectivity index (χ2v) is 6.30. The highest BCUT2D eigenvalue weighted by Gasteiger charge is 2.25. The number of hydrogen-bond donors (Lipinski definition) is 2. The fraction of sp³-hybridized carbons (Fsp3) is 0.143. The van der Waals surface area contributed by atoms with Crippen molar-refractivity contribution >= 4 is 17.9 Å². The first kappa shape index (κ1) is 20.6. The average molecular weight is 408 g/mol. The number of methoxy groups -OCH3 is 1. The number of nitrogens with one attached hydrogen (secondary N) is 1. The fourth-order valence-electron chi connectivity index (χ4n) is 2.72. The molecule has 9 nitrogen and oxygen atoms in total. The Hall–Kier alpha value is -4.14. The zero-order chi connectivity index (χ0) is 21.7. The summed E-state index contributed by atoms with van der Waals surface area (Å²) >= 11 is 0. The normalized spacial score (nSPS) is 11.4. The second kappa shape index (κ2) is 8.91. The van der Waals surface area contributed by atoms with Crippen molar-refractivity contribution in [3.8, 4) is 22.7 Å². The highest BCUT2D eigenvalue weighted by Crippen LogP contribution is 2.27. The Bertz CT molecular complexity index is 1080. The summed E-state index contributed by atoms with van der Waals surface area (Å²) in [7, 11) is 1.54. The monoisotopic (exact) mass is 408 g/mol. The number of carbonyl (C=O) groups excluding carboxylic acids is 3. The van der Waals surface area contributed by atoms with E-state index in [4.69, 9.17) is 15.2 Å². The first-order valence-corrected chi connectivity index (χ1v) is 9.00. The van der Waals surface area contributed by atoms with Crippen LogP contribution in [0.3, 0.4) is 0 Å². The van der Waals surface area contributed by atoms with E-state index in [9.17, 15) is 14.4 Å². The number of ether oxygens (including phenoxy) is 2. The molecule has 3 aromatic rings. The van der Waals surface area contributed by atoms with Crippen LogP contribution in [0.4, 0.5) is 4.79 Å². The first-order chi connectivity index (χ1) is 14.4. The molecular weight excluding hydrogens is 388 g/mol. The van der Waals surface area contributed by atoms with Crippen molar-refractivity contribution in [2.24, 2.45) is 5.73 Å². The minimum Gasteiger partial charge on any atom is -0.497 e. The van der Waals surface area contributed by atoms with E-state index in [0.717, 1.165) is 5.69 Å². The summed E-state index contributed by atoms with van der Waals surface area (Å²) in [5.41, 5.74) is 6.79. The van der Waals surface area contributed by atoms with Crippen LogP contribution in [0, 0.1) is 0 Å². The van der Waals surface area contributed by atoms with Crippen LogP contribution >= 0.6 is 0 Å². The standard InChI is InChI=1S/C21H20N4O5/c1-13(19(26)23-21(22)28)30-20(27)17-12-25(15-8-4-3-5-9-15)24-18(17)14-7-6-10-16(11-14)29-2/h3-13H,1-2H3,(H3,22,23,26,28). The van der Waals surface area contributed by atoms with Gasteiger partial charge in [-0.25, -0.2) is 14.3 Å². The molecule has 0 aliphatic carbocycles. The molecule has 1 atom stereocenters. The molecule has 0 fully saturated rings. The fourth-order valence-corrected chi connectivity index (χ4v) is 2.72. The predicted octanol–water partition coefficient (Wildman–Crippen LogP) is 2.29. The van der Waals surface area contributed by atoms with Gasteiger partial charge in [-0.05, 0) is 31.2 Å². The van der Waals surface area contributed by atoms with Gasteiger partial charge in [0.25, 0.3) is 5.91 Å². The number of primary amides is 1. The maximum Gasteiger partial charge on any atom is 0.342 e. The lowest BCUT2D eigenvalue weighted by atomic mass is 10.1. The molecule has 0 spiro atoms. The van der Waals surface area contributed by atoms with Gasteiger partial charge in [-0.1, -0.05) is 30.3 Å². The topological polar surface area (TPSA) is 126 Å². The van der Waals surface area contributed by atoms with Crippen molar-refractivity contribution in [3.05, 3.63) is 66.4 Å². The molecule has 9 heteroatoms. The van der Waals surface area contributed by atoms with Crippen molar-refractivity contribution in [3.63, 3.8) is 0 Å². The van der Waals surface area contributed by atoms with Gasteiger partial charge in [-0.3, -0.25) is 10.1 Å². The number of para-hydroxylation sites is 1. The zero-order valence-corrected chi connectivity index (χ0v) is 16.4. The number of urea groups is 1. The average Bonchev–Trinajstić information content (AvgIpc) is 3.19. The number of rotatable bonds is 6. The number of imide groups is 1. The third-order valence-corrected chi connectivity index (χ3v) is 4.20. The Morgan fingerprint density at radius 2 is 1.83 bits per heavy atom. The molecule has 3 N–H and O–H groups in total. The number of esters is 1. The van der Waals surface area contributed by atoms with Gasteiger partial charge in [0, 0.05) is 11.8 Å². The molecule has 0 aliphatic rings. The Kier molecular flexibility index (Phi) is 6.11. The summed E-state index contributed by atoms with van der Waals surface area (Å²) in [5, 5.41) is 6.41. The van der Waals surface area contributed by atoms with E-state index in [0.29, 0.717) is 17.0 Å². The van der Waals surface area contributed by atoms with Crippen LogP contribution in [0.15, 0.2) is 60.8 Å². The van der Waals surface area contributed by atoms with Crippen LogP contribution in [-0.2, 0) is 9.53 Å². The molecule has 154 valence electrons. The van der Waals surface area contributed by atoms with Gasteiger partial charge in [0.1, 0.15) is 17.0 Å². The number of aromatic nitrogens is 2. The summed E-state index contributed by atoms with van der Waals surface area (Å²) in [6, 6.07) is 15.2. The van der Waals surface area contributed by atoms with Crippen LogP contribution in [0.1, 0.15) is 17.3 Å². The summed E-state index contributed by atoms with van der Waals surface area (Å²) in [6.45, 7) is 1.34. The lowest BCUT2D eigenvalue weighted by molar-refractivity contribution is -0.127. The number of nitrogens with two attached hydrogens (primary N) is 1. The minimum absolute atomic E-state index is 0.144. The molecule has 0 saturated carbocycles. The van der Waals surface area contributed by atoms with Gasteiger partial charge in [-0.15, -0.1) is 0 Å². The molecule has 30 heavy (non-hydrogen) atoms. The third-order valence-electron chi connectivity index (χ3n) is 4.20. The highest BCUT2D eigenvalue weighted by molar-refractivity contribution is 6.00. The van der Waals surface area contributed by atoms with Gasteiger partial charge < -0.3 is 15.2 Å². The lowest BCUT2D eigenvalue weighted by Crippen LogP contribution is -2.42. The number of benzene rings is 2. The van der Waals surface area contributed by atoms with Crippen molar-refractivity contribution in [2.75, 3.05) is 7.11 Å². The molecule has 1 heterocycles. The zero-order valence-electron chi connectivity index (χ0n) is 16.4. The highest BCUT2D eigenvalue weighted by atomic mass is 16.5. The van der Waals surface area contributed by atoms with Crippen molar-refractivity contribution in [2.45, 2.75) is 13.0 Å². The molecule has 3 amide bonds. The Morgan fingerprint density at radius 1 is 1.10 bits per heavy atom. The van der Waals surface area contributed by atoms with Gasteiger partial charge in [0.05, 0.1) is 12.8 Å². The van der Waals surface area contributed by atoms with Crippen LogP contribution in [0.2, 0.25) is 0 Å². The molecule has 1 aromatic heterocycles. The Labute approximate surface area is 172 Å². The molecule has 1 unspecified atom stereocenters. The maximum atomic E-state index is 12.8. The molecule has 0 saturated heterocycles.